The van der Waals surface area contributed by atoms with Crippen molar-refractivity contribution in [3.63, 3.8) is 0 Å². The third-order valence-electron chi connectivity index (χ3n) is 3.93. The van der Waals surface area contributed by atoms with Gasteiger partial charge in [-0.1, -0.05) is 25.3 Å². The van der Waals surface area contributed by atoms with Gasteiger partial charge in [-0.2, -0.15) is 0 Å². The van der Waals surface area contributed by atoms with Crippen LogP contribution in [-0.2, 0) is 4.79 Å². The summed E-state index contributed by atoms with van der Waals surface area (Å²) in [4.78, 5) is 23.3. The molecule has 1 fully saturated rings. The topological polar surface area (TPSA) is 92.4 Å². The fraction of sp³-hybridized carbons (Fsp3) is 0.467. The van der Waals surface area contributed by atoms with E-state index in [1.54, 1.807) is 6.07 Å². The maximum atomic E-state index is 12.3. The quantitative estimate of drug-likeness (QED) is 0.789. The number of hydrogen-bond acceptors (Lipinski definition) is 3. The zero-order valence-corrected chi connectivity index (χ0v) is 11.6. The predicted molar refractivity (Wildman–Crippen MR) is 76.8 cm³/mol. The van der Waals surface area contributed by atoms with Crippen LogP contribution >= 0.6 is 0 Å². The van der Waals surface area contributed by atoms with Gasteiger partial charge in [0.05, 0.1) is 11.1 Å². The number of hydrogen-bond donors (Lipinski definition) is 3. The van der Waals surface area contributed by atoms with E-state index >= 15 is 0 Å². The summed E-state index contributed by atoms with van der Waals surface area (Å²) in [5.41, 5.74) is 6.83. The van der Waals surface area contributed by atoms with E-state index in [4.69, 9.17) is 10.8 Å². The Balaban J connectivity index is 2.18. The summed E-state index contributed by atoms with van der Waals surface area (Å²) in [6.45, 7) is 1.82. The van der Waals surface area contributed by atoms with Gasteiger partial charge < -0.3 is 16.2 Å². The molecule has 0 unspecified atom stereocenters. The maximum Gasteiger partial charge on any atom is 0.335 e. The van der Waals surface area contributed by atoms with E-state index < -0.39 is 11.5 Å². The number of carbonyl (C=O) groups is 2. The van der Waals surface area contributed by atoms with Gasteiger partial charge in [-0.3, -0.25) is 4.79 Å². The molecule has 5 nitrogen and oxygen atoms in total. The summed E-state index contributed by atoms with van der Waals surface area (Å²) >= 11 is 0. The van der Waals surface area contributed by atoms with Crippen molar-refractivity contribution >= 4 is 17.6 Å². The lowest BCUT2D eigenvalue weighted by Gasteiger charge is -2.32. The standard InChI is InChI=1S/C15H20N2O3/c1-10-5-6-11(13(18)19)9-12(10)17-14(20)15(16)7-3-2-4-8-15/h5-6,9H,2-4,7-8,16H2,1H3,(H,17,20)(H,18,19). The van der Waals surface area contributed by atoms with Crippen LogP contribution in [0.5, 0.6) is 0 Å². The Hall–Kier alpha value is -1.88. The van der Waals surface area contributed by atoms with Gasteiger partial charge in [0.15, 0.2) is 0 Å². The maximum absolute atomic E-state index is 12.3. The summed E-state index contributed by atoms with van der Waals surface area (Å²) in [5.74, 6) is -1.23. The zero-order valence-electron chi connectivity index (χ0n) is 11.6. The molecule has 1 saturated carbocycles. The highest BCUT2D eigenvalue weighted by molar-refractivity contribution is 5.99. The Labute approximate surface area is 118 Å². The molecule has 4 N–H and O–H groups in total. The van der Waals surface area contributed by atoms with Crippen molar-refractivity contribution in [3.8, 4) is 0 Å². The molecule has 0 saturated heterocycles. The van der Waals surface area contributed by atoms with Gasteiger partial charge in [-0.05, 0) is 37.5 Å². The van der Waals surface area contributed by atoms with Crippen LogP contribution in [0.4, 0.5) is 5.69 Å². The third-order valence-corrected chi connectivity index (χ3v) is 3.93. The molecule has 1 aromatic carbocycles. The Morgan fingerprint density at radius 1 is 1.25 bits per heavy atom. The lowest BCUT2D eigenvalue weighted by Crippen LogP contribution is -2.52. The lowest BCUT2D eigenvalue weighted by atomic mass is 9.82. The van der Waals surface area contributed by atoms with Crippen molar-refractivity contribution in [3.05, 3.63) is 29.3 Å². The van der Waals surface area contributed by atoms with Crippen LogP contribution in [0.1, 0.15) is 48.0 Å². The van der Waals surface area contributed by atoms with E-state index in [-0.39, 0.29) is 11.5 Å². The van der Waals surface area contributed by atoms with Gasteiger partial charge in [0.2, 0.25) is 5.91 Å². The third kappa shape index (κ3) is 2.99. The van der Waals surface area contributed by atoms with Crippen LogP contribution in [0, 0.1) is 6.92 Å². The van der Waals surface area contributed by atoms with Crippen LogP contribution in [0.2, 0.25) is 0 Å². The molecule has 108 valence electrons. The van der Waals surface area contributed by atoms with E-state index in [1.807, 2.05) is 6.92 Å². The van der Waals surface area contributed by atoms with Crippen molar-refractivity contribution in [1.29, 1.82) is 0 Å². The van der Waals surface area contributed by atoms with E-state index in [0.717, 1.165) is 24.8 Å². The van der Waals surface area contributed by atoms with Crippen LogP contribution in [0.3, 0.4) is 0 Å². The SMILES string of the molecule is Cc1ccc(C(=O)O)cc1NC(=O)C1(N)CCCCC1. The van der Waals surface area contributed by atoms with Gasteiger partial charge in [0, 0.05) is 5.69 Å². The number of amides is 1. The summed E-state index contributed by atoms with van der Waals surface area (Å²) in [5, 5.41) is 11.8. The zero-order chi connectivity index (χ0) is 14.8. The predicted octanol–water partition coefficient (Wildman–Crippen LogP) is 2.29. The van der Waals surface area contributed by atoms with Crippen molar-refractivity contribution in [2.45, 2.75) is 44.6 Å². The van der Waals surface area contributed by atoms with Gasteiger partial charge in [-0.25, -0.2) is 4.79 Å². The number of aryl methyl sites for hydroxylation is 1. The first-order valence-electron chi connectivity index (χ1n) is 6.87. The highest BCUT2D eigenvalue weighted by atomic mass is 16.4. The highest BCUT2D eigenvalue weighted by Gasteiger charge is 2.35. The van der Waals surface area contributed by atoms with E-state index in [9.17, 15) is 9.59 Å². The number of nitrogens with two attached hydrogens (primary N) is 1. The monoisotopic (exact) mass is 276 g/mol. The smallest absolute Gasteiger partial charge is 0.335 e. The molecule has 0 spiro atoms. The van der Waals surface area contributed by atoms with Crippen LogP contribution in [-0.4, -0.2) is 22.5 Å². The summed E-state index contributed by atoms with van der Waals surface area (Å²) in [6.07, 6.45) is 4.38. The molecule has 0 aliphatic heterocycles. The first kappa shape index (κ1) is 14.5. The number of carboxylic acid groups (broad SMARTS) is 1. The number of nitrogens with one attached hydrogen (secondary N) is 1. The van der Waals surface area contributed by atoms with Crippen molar-refractivity contribution in [2.75, 3.05) is 5.32 Å². The van der Waals surface area contributed by atoms with Crippen LogP contribution in [0.25, 0.3) is 0 Å². The van der Waals surface area contributed by atoms with Gasteiger partial charge in [-0.15, -0.1) is 0 Å². The molecule has 0 atom stereocenters. The number of anilines is 1. The molecular weight excluding hydrogens is 256 g/mol. The number of carboxylic acids is 1. The van der Waals surface area contributed by atoms with Gasteiger partial charge in [0.25, 0.3) is 0 Å². The fourth-order valence-corrected chi connectivity index (χ4v) is 2.55. The first-order valence-corrected chi connectivity index (χ1v) is 6.87. The number of carbonyl (C=O) groups excluding carboxylic acids is 1. The van der Waals surface area contributed by atoms with Gasteiger partial charge >= 0.3 is 5.97 Å². The Morgan fingerprint density at radius 3 is 2.50 bits per heavy atom. The molecule has 1 amide bonds. The van der Waals surface area contributed by atoms with E-state index in [0.29, 0.717) is 18.5 Å². The Bertz CT molecular complexity index is 534. The second kappa shape index (κ2) is 5.63. The Kier molecular flexibility index (Phi) is 4.09. The highest BCUT2D eigenvalue weighted by Crippen LogP contribution is 2.28. The molecular formula is C15H20N2O3. The number of benzene rings is 1. The number of aromatic carboxylic acids is 1. The van der Waals surface area contributed by atoms with Crippen LogP contribution < -0.4 is 11.1 Å². The molecule has 0 heterocycles. The first-order chi connectivity index (χ1) is 9.42. The average molecular weight is 276 g/mol. The molecule has 0 bridgehead atoms. The van der Waals surface area contributed by atoms with Crippen molar-refractivity contribution in [1.82, 2.24) is 0 Å². The van der Waals surface area contributed by atoms with E-state index in [2.05, 4.69) is 5.32 Å². The molecule has 20 heavy (non-hydrogen) atoms. The minimum absolute atomic E-state index is 0.153. The summed E-state index contributed by atoms with van der Waals surface area (Å²) in [6, 6.07) is 4.68. The summed E-state index contributed by atoms with van der Waals surface area (Å²) < 4.78 is 0. The molecule has 5 heteroatoms. The normalized spacial score (nSPS) is 17.5. The second-order valence-electron chi connectivity index (χ2n) is 5.51. The summed E-state index contributed by atoms with van der Waals surface area (Å²) in [7, 11) is 0. The minimum Gasteiger partial charge on any atom is -0.478 e. The molecule has 0 radical (unpaired) electrons. The lowest BCUT2D eigenvalue weighted by molar-refractivity contribution is -0.122. The molecule has 1 aliphatic rings. The minimum atomic E-state index is -1.01. The van der Waals surface area contributed by atoms with Crippen molar-refractivity contribution < 1.29 is 14.7 Å². The molecule has 1 aromatic rings. The largest absolute Gasteiger partial charge is 0.478 e. The van der Waals surface area contributed by atoms with Crippen molar-refractivity contribution in [2.24, 2.45) is 5.73 Å². The van der Waals surface area contributed by atoms with Gasteiger partial charge in [0.1, 0.15) is 0 Å². The number of rotatable bonds is 3. The average Bonchev–Trinajstić information content (AvgIpc) is 2.41. The molecule has 0 aromatic heterocycles. The molecule has 1 aliphatic carbocycles. The fourth-order valence-electron chi connectivity index (χ4n) is 2.55. The van der Waals surface area contributed by atoms with Crippen LogP contribution in [0.15, 0.2) is 18.2 Å². The Morgan fingerprint density at radius 2 is 1.90 bits per heavy atom. The second-order valence-corrected chi connectivity index (χ2v) is 5.51. The van der Waals surface area contributed by atoms with E-state index in [1.165, 1.54) is 12.1 Å². The molecule has 2 rings (SSSR count).